The van der Waals surface area contributed by atoms with Crippen molar-refractivity contribution in [2.45, 2.75) is 37.0 Å². The molecule has 0 bridgehead atoms. The number of hydrogen-bond acceptors (Lipinski definition) is 4. The second-order valence-corrected chi connectivity index (χ2v) is 10.9. The number of carbonyl (C=O) groups is 1. The normalized spacial score (nSPS) is 12.0. The number of anilines is 1. The molecule has 6 nitrogen and oxygen atoms in total. The lowest BCUT2D eigenvalue weighted by atomic mass is 10.0. The molecule has 1 amide bonds. The molecule has 0 radical (unpaired) electrons. The maximum Gasteiger partial charge on any atom is 0.248 e. The van der Waals surface area contributed by atoms with Crippen molar-refractivity contribution >= 4 is 40.1 Å². The molecule has 0 aliphatic rings. The van der Waals surface area contributed by atoms with Crippen LogP contribution < -0.4 is 10.1 Å². The number of imidazole rings is 1. The lowest BCUT2D eigenvalue weighted by Gasteiger charge is -2.08. The molecule has 208 valence electrons. The van der Waals surface area contributed by atoms with E-state index in [-0.39, 0.29) is 5.91 Å². The summed E-state index contributed by atoms with van der Waals surface area (Å²) < 4.78 is 32.6. The van der Waals surface area contributed by atoms with Gasteiger partial charge in [0, 0.05) is 40.8 Å². The number of rotatable bonds is 13. The Hall–Kier alpha value is -3.75. The van der Waals surface area contributed by atoms with Gasteiger partial charge in [0.1, 0.15) is 5.75 Å². The first kappa shape index (κ1) is 29.2. The van der Waals surface area contributed by atoms with Crippen molar-refractivity contribution in [1.82, 2.24) is 9.55 Å². The SMILES string of the molecule is CCCn1cncc1C[S@@](=O)c1ccc(NC(=O)/C=C/c2cc(-c3ccc(OCCCF)cc3)ccc2Cl)cc1. The van der Waals surface area contributed by atoms with Gasteiger partial charge in [0.25, 0.3) is 0 Å². The maximum absolute atomic E-state index is 12.8. The fraction of sp³-hybridized carbons (Fsp3) is 0.226. The number of aryl methyl sites for hydroxylation is 1. The van der Waals surface area contributed by atoms with Gasteiger partial charge in [-0.3, -0.25) is 13.4 Å². The summed E-state index contributed by atoms with van der Waals surface area (Å²) in [6.07, 6.45) is 7.94. The molecule has 0 fully saturated rings. The number of benzene rings is 3. The van der Waals surface area contributed by atoms with Gasteiger partial charge in [0.2, 0.25) is 5.91 Å². The predicted octanol–water partition coefficient (Wildman–Crippen LogP) is 7.31. The second-order valence-electron chi connectivity index (χ2n) is 9.07. The zero-order chi connectivity index (χ0) is 28.3. The highest BCUT2D eigenvalue weighted by Crippen LogP contribution is 2.28. The summed E-state index contributed by atoms with van der Waals surface area (Å²) in [4.78, 5) is 17.4. The molecule has 1 atom stereocenters. The van der Waals surface area contributed by atoms with Crippen LogP contribution in [0.4, 0.5) is 10.1 Å². The van der Waals surface area contributed by atoms with Crippen LogP contribution in [0, 0.1) is 0 Å². The van der Waals surface area contributed by atoms with Crippen molar-refractivity contribution in [3.8, 4) is 16.9 Å². The summed E-state index contributed by atoms with van der Waals surface area (Å²) in [6.45, 7) is 2.86. The Morgan fingerprint density at radius 1 is 1.10 bits per heavy atom. The molecule has 1 N–H and O–H groups in total. The van der Waals surface area contributed by atoms with Crippen molar-refractivity contribution < 1.29 is 18.1 Å². The molecule has 4 rings (SSSR count). The van der Waals surface area contributed by atoms with Crippen LogP contribution in [0.15, 0.2) is 90.2 Å². The molecule has 1 aromatic heterocycles. The number of nitrogens with one attached hydrogen (secondary N) is 1. The number of aromatic nitrogens is 2. The predicted molar refractivity (Wildman–Crippen MR) is 160 cm³/mol. The summed E-state index contributed by atoms with van der Waals surface area (Å²) in [6, 6.07) is 20.1. The number of hydrogen-bond donors (Lipinski definition) is 1. The minimum Gasteiger partial charge on any atom is -0.493 e. The summed E-state index contributed by atoms with van der Waals surface area (Å²) in [5, 5.41) is 3.34. The van der Waals surface area contributed by atoms with Crippen molar-refractivity contribution in [3.05, 3.63) is 102 Å². The maximum atomic E-state index is 12.8. The van der Waals surface area contributed by atoms with Crippen LogP contribution in [-0.4, -0.2) is 32.9 Å². The highest BCUT2D eigenvalue weighted by molar-refractivity contribution is 7.84. The largest absolute Gasteiger partial charge is 0.493 e. The number of nitrogens with zero attached hydrogens (tertiary/aromatic N) is 2. The highest BCUT2D eigenvalue weighted by atomic mass is 35.5. The molecule has 0 spiro atoms. The van der Waals surface area contributed by atoms with E-state index in [1.165, 1.54) is 6.08 Å². The van der Waals surface area contributed by atoms with E-state index in [1.54, 1.807) is 48.9 Å². The van der Waals surface area contributed by atoms with Gasteiger partial charge in [-0.25, -0.2) is 4.98 Å². The molecule has 0 aliphatic carbocycles. The number of alkyl halides is 1. The van der Waals surface area contributed by atoms with Crippen LogP contribution >= 0.6 is 11.6 Å². The van der Waals surface area contributed by atoms with E-state index >= 15 is 0 Å². The fourth-order valence-corrected chi connectivity index (χ4v) is 5.30. The molecule has 9 heteroatoms. The molecule has 0 saturated carbocycles. The van der Waals surface area contributed by atoms with Crippen molar-refractivity contribution in [2.24, 2.45) is 0 Å². The van der Waals surface area contributed by atoms with Gasteiger partial charge in [-0.05, 0) is 77.7 Å². The molecule has 0 unspecified atom stereocenters. The lowest BCUT2D eigenvalue weighted by molar-refractivity contribution is -0.111. The summed E-state index contributed by atoms with van der Waals surface area (Å²) in [7, 11) is -1.22. The number of ether oxygens (including phenoxy) is 1. The van der Waals surface area contributed by atoms with Gasteiger partial charge >= 0.3 is 0 Å². The Labute approximate surface area is 241 Å². The van der Waals surface area contributed by atoms with E-state index in [4.69, 9.17) is 16.3 Å². The third-order valence-corrected chi connectivity index (χ3v) is 7.77. The Balaban J connectivity index is 1.35. The van der Waals surface area contributed by atoms with Gasteiger partial charge in [-0.15, -0.1) is 0 Å². The Morgan fingerprint density at radius 3 is 2.58 bits per heavy atom. The van der Waals surface area contributed by atoms with Crippen LogP contribution in [0.3, 0.4) is 0 Å². The smallest absolute Gasteiger partial charge is 0.248 e. The number of halogens is 2. The molecule has 0 saturated heterocycles. The average molecular weight is 580 g/mol. The van der Waals surface area contributed by atoms with Crippen molar-refractivity contribution in [1.29, 1.82) is 0 Å². The molecular formula is C31H31ClFN3O3S. The standard InChI is InChI=1S/C31H31ClFN3O3S/c1-2-17-36-22-34-20-27(36)21-40(38)29-12-8-26(9-13-29)35-31(37)15-7-25-19-24(6-14-30(25)32)23-4-10-28(11-5-23)39-18-3-16-33/h4-15,19-20,22H,2-3,16-18,21H2,1H3,(H,35,37)/b15-7+/t40-/m1/s1. The minimum atomic E-state index is -1.22. The van der Waals surface area contributed by atoms with Crippen molar-refractivity contribution in [3.63, 3.8) is 0 Å². The van der Waals surface area contributed by atoms with E-state index in [0.29, 0.717) is 45.7 Å². The zero-order valence-corrected chi connectivity index (χ0v) is 23.8. The molecule has 4 aromatic rings. The van der Waals surface area contributed by atoms with Gasteiger partial charge in [-0.1, -0.05) is 36.7 Å². The van der Waals surface area contributed by atoms with E-state index in [1.807, 2.05) is 41.0 Å². The summed E-state index contributed by atoms with van der Waals surface area (Å²) in [5.41, 5.74) is 4.12. The first-order valence-corrected chi connectivity index (χ1v) is 14.7. The Bertz CT molecular complexity index is 1470. The Kier molecular flexibility index (Phi) is 10.7. The van der Waals surface area contributed by atoms with Crippen LogP contribution in [0.5, 0.6) is 5.75 Å². The van der Waals surface area contributed by atoms with Crippen LogP contribution in [0.2, 0.25) is 5.02 Å². The molecule has 40 heavy (non-hydrogen) atoms. The highest BCUT2D eigenvalue weighted by Gasteiger charge is 2.10. The van der Waals surface area contributed by atoms with E-state index in [0.717, 1.165) is 29.8 Å². The topological polar surface area (TPSA) is 73.2 Å². The van der Waals surface area contributed by atoms with E-state index in [2.05, 4.69) is 17.2 Å². The van der Waals surface area contributed by atoms with Crippen LogP contribution in [0.25, 0.3) is 17.2 Å². The molecule has 1 heterocycles. The van der Waals surface area contributed by atoms with Crippen LogP contribution in [-0.2, 0) is 27.9 Å². The van der Waals surface area contributed by atoms with E-state index < -0.39 is 17.5 Å². The monoisotopic (exact) mass is 579 g/mol. The van der Waals surface area contributed by atoms with Gasteiger partial charge in [0.05, 0.1) is 41.9 Å². The lowest BCUT2D eigenvalue weighted by Crippen LogP contribution is -2.08. The molecule has 3 aromatic carbocycles. The minimum absolute atomic E-state index is 0.311. The first-order chi connectivity index (χ1) is 19.5. The number of carbonyl (C=O) groups excluding carboxylic acids is 1. The van der Waals surface area contributed by atoms with E-state index in [9.17, 15) is 13.4 Å². The average Bonchev–Trinajstić information content (AvgIpc) is 3.40. The molecular weight excluding hydrogens is 549 g/mol. The van der Waals surface area contributed by atoms with Gasteiger partial charge < -0.3 is 14.6 Å². The van der Waals surface area contributed by atoms with Gasteiger partial charge in [-0.2, -0.15) is 0 Å². The zero-order valence-electron chi connectivity index (χ0n) is 22.2. The Morgan fingerprint density at radius 2 is 1.85 bits per heavy atom. The quantitative estimate of drug-likeness (QED) is 0.133. The third kappa shape index (κ3) is 8.13. The third-order valence-electron chi connectivity index (χ3n) is 6.07. The number of amides is 1. The molecule has 0 aliphatic heterocycles. The first-order valence-electron chi connectivity index (χ1n) is 13.0. The summed E-state index contributed by atoms with van der Waals surface area (Å²) in [5.74, 6) is 0.752. The summed E-state index contributed by atoms with van der Waals surface area (Å²) >= 11 is 6.38. The fourth-order valence-electron chi connectivity index (χ4n) is 4.01. The van der Waals surface area contributed by atoms with Crippen molar-refractivity contribution in [2.75, 3.05) is 18.6 Å². The second kappa shape index (κ2) is 14.6. The van der Waals surface area contributed by atoms with Gasteiger partial charge in [0.15, 0.2) is 0 Å². The van der Waals surface area contributed by atoms with Crippen LogP contribution in [0.1, 0.15) is 31.0 Å².